The number of hydrogen-bond donors (Lipinski definition) is 3. The van der Waals surface area contributed by atoms with Gasteiger partial charge in [-0.05, 0) is 83.5 Å². The van der Waals surface area contributed by atoms with Crippen LogP contribution in [0.1, 0.15) is 431 Å². The smallest absolute Gasteiger partial charge is 0.305 e. The van der Waals surface area contributed by atoms with Crippen LogP contribution in [0.4, 0.5) is 0 Å². The Morgan fingerprint density at radius 3 is 0.920 bits per heavy atom. The fraction of sp³-hybridized carbons (Fsp3) is 0.877. The molecule has 1 amide bonds. The Hall–Kier alpha value is -2.18. The number of aliphatic hydroxyl groups excluding tert-OH is 2. The molecule has 0 aromatic rings. The minimum atomic E-state index is -0.664. The van der Waals surface area contributed by atoms with Crippen molar-refractivity contribution >= 4 is 11.9 Å². The summed E-state index contributed by atoms with van der Waals surface area (Å²) in [7, 11) is 0. The van der Waals surface area contributed by atoms with E-state index in [4.69, 9.17) is 4.74 Å². The van der Waals surface area contributed by atoms with E-state index in [1.807, 2.05) is 0 Å². The highest BCUT2D eigenvalue weighted by Gasteiger charge is 2.20. The number of aliphatic hydroxyl groups is 2. The van der Waals surface area contributed by atoms with Gasteiger partial charge in [0.1, 0.15) is 0 Å². The van der Waals surface area contributed by atoms with Crippen molar-refractivity contribution in [2.24, 2.45) is 0 Å². The molecule has 0 bridgehead atoms. The van der Waals surface area contributed by atoms with E-state index in [1.54, 1.807) is 0 Å². The first kappa shape index (κ1) is 84.8. The zero-order valence-corrected chi connectivity index (χ0v) is 58.8. The van der Waals surface area contributed by atoms with Crippen molar-refractivity contribution in [2.45, 2.75) is 443 Å². The van der Waals surface area contributed by atoms with Crippen molar-refractivity contribution in [1.29, 1.82) is 0 Å². The third kappa shape index (κ3) is 72.8. The van der Waals surface area contributed by atoms with Crippen LogP contribution in [-0.4, -0.2) is 47.4 Å². The summed E-state index contributed by atoms with van der Waals surface area (Å²) in [6, 6.07) is -0.541. The van der Waals surface area contributed by atoms with Crippen LogP contribution in [0.2, 0.25) is 0 Å². The SMILES string of the molecule is CCC/C=C\C/C=C\CCCCCCCC(=O)OCCCCCCCCCCCCC/C=C\C/C=C\CCCCCCCCCCCCCCCCCCCC(=O)NC(CO)C(O)CCCCCCCCCCCCCCCCCCCCCCCC. The Kier molecular flexibility index (Phi) is 74.4. The number of unbranched alkanes of at least 4 members (excludes halogenated alkanes) is 55. The van der Waals surface area contributed by atoms with E-state index in [0.717, 1.165) is 57.8 Å². The van der Waals surface area contributed by atoms with Crippen LogP contribution >= 0.6 is 0 Å². The normalized spacial score (nSPS) is 12.7. The van der Waals surface area contributed by atoms with E-state index in [9.17, 15) is 19.8 Å². The first-order valence-corrected chi connectivity index (χ1v) is 39.4. The molecule has 3 N–H and O–H groups in total. The molecule has 87 heavy (non-hydrogen) atoms. The zero-order chi connectivity index (χ0) is 62.8. The van der Waals surface area contributed by atoms with Crippen LogP contribution in [-0.2, 0) is 14.3 Å². The first-order chi connectivity index (χ1) is 43.0. The summed E-state index contributed by atoms with van der Waals surface area (Å²) >= 11 is 0. The van der Waals surface area contributed by atoms with E-state index in [1.165, 1.54) is 340 Å². The van der Waals surface area contributed by atoms with Crippen LogP contribution < -0.4 is 5.32 Å². The quantitative estimate of drug-likeness (QED) is 0.0320. The van der Waals surface area contributed by atoms with Crippen molar-refractivity contribution in [3.05, 3.63) is 48.6 Å². The van der Waals surface area contributed by atoms with Crippen LogP contribution in [0, 0.1) is 0 Å². The van der Waals surface area contributed by atoms with Crippen LogP contribution in [0.5, 0.6) is 0 Å². The predicted molar refractivity (Wildman–Crippen MR) is 384 cm³/mol. The Balaban J connectivity index is 3.38. The molecule has 0 saturated heterocycles. The first-order valence-electron chi connectivity index (χ1n) is 39.4. The number of hydrogen-bond acceptors (Lipinski definition) is 5. The molecule has 0 spiro atoms. The average Bonchev–Trinajstić information content (AvgIpc) is 3.54. The van der Waals surface area contributed by atoms with Gasteiger partial charge in [0.15, 0.2) is 0 Å². The summed E-state index contributed by atoms with van der Waals surface area (Å²) in [5.74, 6) is -0.0262. The molecule has 6 nitrogen and oxygen atoms in total. The Morgan fingerprint density at radius 2 is 0.598 bits per heavy atom. The molecule has 6 heteroatoms. The molecule has 2 unspecified atom stereocenters. The molecule has 0 heterocycles. The highest BCUT2D eigenvalue weighted by atomic mass is 16.5. The lowest BCUT2D eigenvalue weighted by Crippen LogP contribution is -2.45. The second kappa shape index (κ2) is 76.3. The van der Waals surface area contributed by atoms with Gasteiger partial charge in [-0.3, -0.25) is 9.59 Å². The third-order valence-electron chi connectivity index (χ3n) is 18.3. The monoisotopic (exact) mass is 1220 g/mol. The molecular formula is C81H153NO5. The molecule has 0 aromatic carbocycles. The maximum atomic E-state index is 12.6. The second-order valence-corrected chi connectivity index (χ2v) is 27.0. The Bertz CT molecular complexity index is 1450. The number of nitrogens with one attached hydrogen (secondary N) is 1. The van der Waals surface area contributed by atoms with Gasteiger partial charge in [-0.2, -0.15) is 0 Å². The predicted octanol–water partition coefficient (Wildman–Crippen LogP) is 26.0. The van der Waals surface area contributed by atoms with Crippen molar-refractivity contribution < 1.29 is 24.5 Å². The van der Waals surface area contributed by atoms with Gasteiger partial charge in [-0.25, -0.2) is 0 Å². The lowest BCUT2D eigenvalue weighted by Gasteiger charge is -2.22. The minimum absolute atomic E-state index is 0.00168. The van der Waals surface area contributed by atoms with Gasteiger partial charge < -0.3 is 20.3 Å². The summed E-state index contributed by atoms with van der Waals surface area (Å²) < 4.78 is 5.48. The van der Waals surface area contributed by atoms with E-state index in [2.05, 4.69) is 67.8 Å². The summed E-state index contributed by atoms with van der Waals surface area (Å²) in [5.41, 5.74) is 0. The second-order valence-electron chi connectivity index (χ2n) is 27.0. The minimum Gasteiger partial charge on any atom is -0.466 e. The van der Waals surface area contributed by atoms with Gasteiger partial charge in [0, 0.05) is 12.8 Å². The van der Waals surface area contributed by atoms with Gasteiger partial charge in [0.2, 0.25) is 5.91 Å². The van der Waals surface area contributed by atoms with Gasteiger partial charge in [0.25, 0.3) is 0 Å². The van der Waals surface area contributed by atoms with E-state index in [-0.39, 0.29) is 18.5 Å². The molecule has 512 valence electrons. The Labute approximate surface area is 544 Å². The van der Waals surface area contributed by atoms with Gasteiger partial charge in [-0.15, -0.1) is 0 Å². The lowest BCUT2D eigenvalue weighted by molar-refractivity contribution is -0.143. The van der Waals surface area contributed by atoms with Crippen molar-refractivity contribution in [2.75, 3.05) is 13.2 Å². The van der Waals surface area contributed by atoms with Gasteiger partial charge in [0.05, 0.1) is 25.4 Å². The third-order valence-corrected chi connectivity index (χ3v) is 18.3. The van der Waals surface area contributed by atoms with Gasteiger partial charge >= 0.3 is 5.97 Å². The maximum Gasteiger partial charge on any atom is 0.305 e. The van der Waals surface area contributed by atoms with E-state index < -0.39 is 12.1 Å². The largest absolute Gasteiger partial charge is 0.466 e. The molecule has 0 saturated carbocycles. The molecule has 0 aliphatic rings. The number of carbonyl (C=O) groups is 2. The number of esters is 1. The standard InChI is InChI=1S/C81H153NO5/c1-3-5-7-9-11-13-15-17-18-19-20-21-37-40-43-46-50-53-57-61-65-69-73-79(84)78(77-83)82-80(85)74-70-66-62-58-54-51-47-44-41-38-35-33-31-29-27-25-23-22-24-26-28-30-32-34-36-39-42-45-48-52-56-60-64-68-72-76-87-81(86)75-71-67-63-59-55-49-16-14-12-10-8-6-4-2/h8,10,14,16,24,26,30,32,78-79,83-84H,3-7,9,11-13,15,17-23,25,27-29,31,33-77H2,1-2H3,(H,82,85)/b10-8-,16-14-,26-24-,32-30-. The average molecular weight is 1220 g/mol. The van der Waals surface area contributed by atoms with Crippen molar-refractivity contribution in [3.8, 4) is 0 Å². The van der Waals surface area contributed by atoms with Gasteiger partial charge in [-0.1, -0.05) is 383 Å². The summed E-state index contributed by atoms with van der Waals surface area (Å²) in [4.78, 5) is 24.6. The highest BCUT2D eigenvalue weighted by molar-refractivity contribution is 5.76. The number of rotatable bonds is 74. The topological polar surface area (TPSA) is 95.9 Å². The number of carbonyl (C=O) groups excluding carboxylic acids is 2. The lowest BCUT2D eigenvalue weighted by atomic mass is 10.0. The molecule has 0 aromatic heterocycles. The zero-order valence-electron chi connectivity index (χ0n) is 58.8. The maximum absolute atomic E-state index is 12.6. The van der Waals surface area contributed by atoms with E-state index >= 15 is 0 Å². The molecular weight excluding hydrogens is 1070 g/mol. The summed E-state index contributed by atoms with van der Waals surface area (Å²) in [5, 5.41) is 23.5. The Morgan fingerprint density at radius 1 is 0.322 bits per heavy atom. The number of amides is 1. The fourth-order valence-corrected chi connectivity index (χ4v) is 12.4. The molecule has 0 aliphatic heterocycles. The summed E-state index contributed by atoms with van der Waals surface area (Å²) in [6.45, 7) is 4.92. The molecule has 0 aliphatic carbocycles. The highest BCUT2D eigenvalue weighted by Crippen LogP contribution is 2.20. The van der Waals surface area contributed by atoms with Crippen LogP contribution in [0.15, 0.2) is 48.6 Å². The van der Waals surface area contributed by atoms with Crippen molar-refractivity contribution in [3.63, 3.8) is 0 Å². The number of allylic oxidation sites excluding steroid dienone is 8. The van der Waals surface area contributed by atoms with Crippen LogP contribution in [0.25, 0.3) is 0 Å². The molecule has 2 atom stereocenters. The fourth-order valence-electron chi connectivity index (χ4n) is 12.4. The molecule has 0 radical (unpaired) electrons. The van der Waals surface area contributed by atoms with Crippen LogP contribution in [0.3, 0.4) is 0 Å². The molecule has 0 fully saturated rings. The summed E-state index contributed by atoms with van der Waals surface area (Å²) in [6.07, 6.45) is 101. The molecule has 0 rings (SSSR count). The van der Waals surface area contributed by atoms with E-state index in [0.29, 0.717) is 25.9 Å². The van der Waals surface area contributed by atoms with Crippen molar-refractivity contribution in [1.82, 2.24) is 5.32 Å². The number of ether oxygens (including phenoxy) is 1.